The Morgan fingerprint density at radius 2 is 2.21 bits per heavy atom. The number of thiophene rings is 1. The Kier molecular flexibility index (Phi) is 2.41. The van der Waals surface area contributed by atoms with E-state index in [0.29, 0.717) is 11.3 Å². The largest absolute Gasteiger partial charge is 0.296 e. The molecule has 0 N–H and O–H groups in total. The Morgan fingerprint density at radius 1 is 1.32 bits per heavy atom. The van der Waals surface area contributed by atoms with Crippen molar-refractivity contribution in [2.75, 3.05) is 7.05 Å². The van der Waals surface area contributed by atoms with Gasteiger partial charge in [-0.05, 0) is 47.6 Å². The molecule has 2 aromatic rings. The molecule has 2 saturated carbocycles. The molecule has 1 aromatic carbocycles. The van der Waals surface area contributed by atoms with Crippen molar-refractivity contribution in [1.29, 1.82) is 0 Å². The summed E-state index contributed by atoms with van der Waals surface area (Å²) in [5.74, 6) is 1.39. The van der Waals surface area contributed by atoms with Gasteiger partial charge in [-0.15, -0.1) is 11.3 Å². The lowest BCUT2D eigenvalue weighted by molar-refractivity contribution is 0.497. The van der Waals surface area contributed by atoms with Gasteiger partial charge in [0.25, 0.3) is 0 Å². The molecule has 1 heterocycles. The lowest BCUT2D eigenvalue weighted by Gasteiger charge is -2.29. The van der Waals surface area contributed by atoms with Crippen molar-refractivity contribution in [3.05, 3.63) is 35.2 Å². The van der Waals surface area contributed by atoms with E-state index in [2.05, 4.69) is 36.6 Å². The number of fused-ring (bicyclic) bond motifs is 3. The molecule has 0 spiro atoms. The molecule has 1 nitrogen and oxygen atoms in total. The molecular formula is C17H19NS. The van der Waals surface area contributed by atoms with Gasteiger partial charge in [0, 0.05) is 28.8 Å². The Morgan fingerprint density at radius 3 is 3.05 bits per heavy atom. The van der Waals surface area contributed by atoms with Crippen molar-refractivity contribution >= 4 is 27.1 Å². The second-order valence-corrected chi connectivity index (χ2v) is 7.25. The summed E-state index contributed by atoms with van der Waals surface area (Å²) in [5.41, 5.74) is 3.37. The third-order valence-electron chi connectivity index (χ3n) is 5.25. The highest BCUT2D eigenvalue weighted by Gasteiger charge is 2.53. The second kappa shape index (κ2) is 3.92. The van der Waals surface area contributed by atoms with E-state index in [1.54, 1.807) is 0 Å². The Balaban J connectivity index is 1.91. The number of hydrogen-bond donors (Lipinski definition) is 0. The fourth-order valence-electron chi connectivity index (χ4n) is 4.47. The highest BCUT2D eigenvalue weighted by molar-refractivity contribution is 7.17. The average Bonchev–Trinajstić information content (AvgIpc) is 3.08. The van der Waals surface area contributed by atoms with Crippen molar-refractivity contribution in [3.63, 3.8) is 0 Å². The summed E-state index contributed by atoms with van der Waals surface area (Å²) in [4.78, 5) is 4.71. The minimum atomic E-state index is 0.378. The fraction of sp³-hybridized carbons (Fsp3) is 0.471. The number of benzene rings is 1. The summed E-state index contributed by atoms with van der Waals surface area (Å²) in [6.45, 7) is 2.42. The van der Waals surface area contributed by atoms with Crippen LogP contribution in [0, 0.1) is 11.3 Å². The first-order valence-corrected chi connectivity index (χ1v) is 8.04. The van der Waals surface area contributed by atoms with Crippen molar-refractivity contribution in [2.45, 2.75) is 32.1 Å². The predicted octanol–water partition coefficient (Wildman–Crippen LogP) is 4.88. The maximum atomic E-state index is 4.71. The van der Waals surface area contributed by atoms with Crippen LogP contribution in [0.4, 0.5) is 0 Å². The van der Waals surface area contributed by atoms with E-state index in [-0.39, 0.29) is 0 Å². The summed E-state index contributed by atoms with van der Waals surface area (Å²) in [7, 11) is 1.99. The molecule has 1 aromatic heterocycles. The van der Waals surface area contributed by atoms with Gasteiger partial charge in [-0.3, -0.25) is 4.99 Å². The summed E-state index contributed by atoms with van der Waals surface area (Å²) in [6, 6.07) is 9.01. The van der Waals surface area contributed by atoms with Crippen molar-refractivity contribution < 1.29 is 0 Å². The zero-order valence-electron chi connectivity index (χ0n) is 11.5. The smallest absolute Gasteiger partial charge is 0.0381 e. The van der Waals surface area contributed by atoms with Gasteiger partial charge in [-0.25, -0.2) is 0 Å². The van der Waals surface area contributed by atoms with Crippen LogP contribution in [0.15, 0.2) is 34.6 Å². The van der Waals surface area contributed by atoms with E-state index in [1.807, 2.05) is 18.4 Å². The quantitative estimate of drug-likeness (QED) is 0.700. The van der Waals surface area contributed by atoms with Gasteiger partial charge < -0.3 is 0 Å². The first-order valence-electron chi connectivity index (χ1n) is 7.16. The highest BCUT2D eigenvalue weighted by Crippen LogP contribution is 2.59. The lowest BCUT2D eigenvalue weighted by atomic mass is 9.76. The van der Waals surface area contributed by atoms with Gasteiger partial charge in [0.05, 0.1) is 0 Å². The summed E-state index contributed by atoms with van der Waals surface area (Å²) < 4.78 is 1.48. The molecule has 3 atom stereocenters. The van der Waals surface area contributed by atoms with Crippen LogP contribution in [0.25, 0.3) is 10.1 Å². The standard InChI is InChI=1S/C17H19NS/c1-17-8-6-12(10-17)14(16(17)18-2)13-5-3-4-11-7-9-19-15(11)13/h3-5,7,9,12,14H,6,8,10H2,1-2H3/t12-,14?,17+/m0/s1. The minimum absolute atomic E-state index is 0.378. The van der Waals surface area contributed by atoms with Crippen LogP contribution < -0.4 is 0 Å². The Hall–Kier alpha value is -1.15. The van der Waals surface area contributed by atoms with Gasteiger partial charge in [0.15, 0.2) is 0 Å². The van der Waals surface area contributed by atoms with Crippen LogP contribution in [0.3, 0.4) is 0 Å². The molecule has 2 bridgehead atoms. The van der Waals surface area contributed by atoms with Crippen molar-refractivity contribution in [3.8, 4) is 0 Å². The first-order chi connectivity index (χ1) is 9.23. The predicted molar refractivity (Wildman–Crippen MR) is 83.4 cm³/mol. The van der Waals surface area contributed by atoms with Gasteiger partial charge >= 0.3 is 0 Å². The van der Waals surface area contributed by atoms with E-state index >= 15 is 0 Å². The molecule has 0 amide bonds. The van der Waals surface area contributed by atoms with Crippen LogP contribution in [-0.4, -0.2) is 12.8 Å². The van der Waals surface area contributed by atoms with Crippen LogP contribution in [-0.2, 0) is 0 Å². The number of aliphatic imine (C=N–C) groups is 1. The Bertz CT molecular complexity index is 669. The molecule has 0 radical (unpaired) electrons. The summed E-state index contributed by atoms with van der Waals surface area (Å²) in [6.07, 6.45) is 4.05. The second-order valence-electron chi connectivity index (χ2n) is 6.34. The van der Waals surface area contributed by atoms with Gasteiger partial charge in [0.1, 0.15) is 0 Å². The molecule has 1 unspecified atom stereocenters. The lowest BCUT2D eigenvalue weighted by Crippen LogP contribution is -2.27. The molecule has 2 fully saturated rings. The van der Waals surface area contributed by atoms with E-state index in [1.165, 1.54) is 40.6 Å². The van der Waals surface area contributed by atoms with E-state index < -0.39 is 0 Å². The van der Waals surface area contributed by atoms with Crippen molar-refractivity contribution in [1.82, 2.24) is 0 Å². The minimum Gasteiger partial charge on any atom is -0.296 e. The molecule has 0 saturated heterocycles. The fourth-order valence-corrected chi connectivity index (χ4v) is 5.43. The number of hydrogen-bond acceptors (Lipinski definition) is 2. The summed E-state index contributed by atoms with van der Waals surface area (Å²) >= 11 is 1.88. The van der Waals surface area contributed by atoms with Gasteiger partial charge in [-0.1, -0.05) is 25.1 Å². The van der Waals surface area contributed by atoms with Crippen LogP contribution in [0.2, 0.25) is 0 Å². The van der Waals surface area contributed by atoms with Crippen LogP contribution >= 0.6 is 11.3 Å². The zero-order valence-corrected chi connectivity index (χ0v) is 12.3. The third-order valence-corrected chi connectivity index (χ3v) is 6.23. The highest BCUT2D eigenvalue weighted by atomic mass is 32.1. The first kappa shape index (κ1) is 11.7. The van der Waals surface area contributed by atoms with Crippen LogP contribution in [0.5, 0.6) is 0 Å². The number of nitrogens with zero attached hydrogens (tertiary/aromatic N) is 1. The monoisotopic (exact) mass is 269 g/mol. The molecule has 2 aliphatic rings. The molecule has 0 aliphatic heterocycles. The van der Waals surface area contributed by atoms with Gasteiger partial charge in [-0.2, -0.15) is 0 Å². The zero-order chi connectivity index (χ0) is 13.0. The topological polar surface area (TPSA) is 12.4 Å². The Labute approximate surface area is 118 Å². The molecule has 19 heavy (non-hydrogen) atoms. The maximum absolute atomic E-state index is 4.71. The molecule has 2 heteroatoms. The van der Waals surface area contributed by atoms with Crippen LogP contribution in [0.1, 0.15) is 37.7 Å². The number of rotatable bonds is 1. The van der Waals surface area contributed by atoms with Crippen molar-refractivity contribution in [2.24, 2.45) is 16.3 Å². The van der Waals surface area contributed by atoms with E-state index in [0.717, 1.165) is 5.92 Å². The molecule has 4 rings (SSSR count). The third kappa shape index (κ3) is 1.50. The van der Waals surface area contributed by atoms with E-state index in [4.69, 9.17) is 4.99 Å². The molecular weight excluding hydrogens is 250 g/mol. The summed E-state index contributed by atoms with van der Waals surface area (Å²) in [5, 5.41) is 3.61. The average molecular weight is 269 g/mol. The normalized spacial score (nSPS) is 35.6. The molecule has 98 valence electrons. The van der Waals surface area contributed by atoms with E-state index in [9.17, 15) is 0 Å². The SMILES string of the molecule is CN=C1C(c2cccc3ccsc23)[C@H]2CC[C@]1(C)C2. The maximum Gasteiger partial charge on any atom is 0.0381 e. The molecule has 2 aliphatic carbocycles. The van der Waals surface area contributed by atoms with Gasteiger partial charge in [0.2, 0.25) is 0 Å².